The first-order valence-corrected chi connectivity index (χ1v) is 8.65. The number of ether oxygens (including phenoxy) is 1. The van der Waals surface area contributed by atoms with Crippen LogP contribution < -0.4 is 5.73 Å². The maximum atomic E-state index is 13.2. The molecule has 0 bridgehead atoms. The van der Waals surface area contributed by atoms with E-state index in [-0.39, 0.29) is 24.1 Å². The van der Waals surface area contributed by atoms with Crippen LogP contribution >= 0.6 is 0 Å². The van der Waals surface area contributed by atoms with Gasteiger partial charge in [-0.05, 0) is 37.9 Å². The van der Waals surface area contributed by atoms with Gasteiger partial charge in [-0.3, -0.25) is 0 Å². The minimum absolute atomic E-state index is 0.00208. The van der Waals surface area contributed by atoms with Gasteiger partial charge in [-0.25, -0.2) is 17.2 Å². The number of sulfonamides is 1. The summed E-state index contributed by atoms with van der Waals surface area (Å²) >= 11 is 0. The molecule has 1 aliphatic heterocycles. The molecule has 0 amide bonds. The Kier molecular flexibility index (Phi) is 5.85. The molecular formula is C14H20F2N2O3S. The quantitative estimate of drug-likeness (QED) is 0.800. The van der Waals surface area contributed by atoms with Crippen LogP contribution in [0.4, 0.5) is 8.78 Å². The highest BCUT2D eigenvalue weighted by atomic mass is 32.2. The van der Waals surface area contributed by atoms with E-state index in [1.807, 2.05) is 0 Å². The van der Waals surface area contributed by atoms with E-state index in [9.17, 15) is 17.2 Å². The topological polar surface area (TPSA) is 72.6 Å². The summed E-state index contributed by atoms with van der Waals surface area (Å²) in [5.74, 6) is -1.81. The predicted molar refractivity (Wildman–Crippen MR) is 77.8 cm³/mol. The van der Waals surface area contributed by atoms with Crippen LogP contribution in [0.25, 0.3) is 0 Å². The highest BCUT2D eigenvalue weighted by Gasteiger charge is 2.30. The molecule has 1 aliphatic rings. The molecule has 0 radical (unpaired) electrons. The van der Waals surface area contributed by atoms with E-state index in [1.165, 1.54) is 4.31 Å². The zero-order valence-electron chi connectivity index (χ0n) is 12.2. The van der Waals surface area contributed by atoms with Gasteiger partial charge >= 0.3 is 0 Å². The molecule has 0 unspecified atom stereocenters. The zero-order chi connectivity index (χ0) is 16.2. The molecule has 0 aliphatic carbocycles. The smallest absolute Gasteiger partial charge is 0.243 e. The van der Waals surface area contributed by atoms with Crippen LogP contribution in [0.5, 0.6) is 0 Å². The maximum Gasteiger partial charge on any atom is 0.243 e. The molecule has 2 N–H and O–H groups in total. The lowest BCUT2D eigenvalue weighted by atomic mass is 10.1. The third kappa shape index (κ3) is 4.22. The van der Waals surface area contributed by atoms with Gasteiger partial charge in [0.2, 0.25) is 10.0 Å². The van der Waals surface area contributed by atoms with Crippen LogP contribution in [0.1, 0.15) is 19.3 Å². The second-order valence-electron chi connectivity index (χ2n) is 5.22. The van der Waals surface area contributed by atoms with Crippen molar-refractivity contribution in [1.82, 2.24) is 4.31 Å². The Hall–Kier alpha value is -1.09. The Morgan fingerprint density at radius 1 is 1.18 bits per heavy atom. The summed E-state index contributed by atoms with van der Waals surface area (Å²) in [5.41, 5.74) is 5.38. The van der Waals surface area contributed by atoms with Gasteiger partial charge in [0.15, 0.2) is 0 Å². The van der Waals surface area contributed by atoms with Gasteiger partial charge in [0.1, 0.15) is 11.6 Å². The standard InChI is InChI=1S/C14H20F2N2O3S/c15-11-8-12(16)10-14(9-11)22(19,20)18-5-2-13(3-6-18)21-7-1-4-17/h8-10,13H,1-7,17H2. The van der Waals surface area contributed by atoms with Crippen molar-refractivity contribution in [3.05, 3.63) is 29.8 Å². The lowest BCUT2D eigenvalue weighted by Gasteiger charge is -2.31. The first-order chi connectivity index (χ1) is 10.4. The fourth-order valence-electron chi connectivity index (χ4n) is 2.40. The fraction of sp³-hybridized carbons (Fsp3) is 0.571. The van der Waals surface area contributed by atoms with Gasteiger partial charge in [0, 0.05) is 25.8 Å². The van der Waals surface area contributed by atoms with Crippen LogP contribution in [0.2, 0.25) is 0 Å². The molecule has 2 rings (SSSR count). The molecule has 1 aromatic rings. The van der Waals surface area contributed by atoms with Gasteiger partial charge in [-0.1, -0.05) is 0 Å². The monoisotopic (exact) mass is 334 g/mol. The van der Waals surface area contributed by atoms with E-state index in [1.54, 1.807) is 0 Å². The molecule has 0 saturated carbocycles. The first kappa shape index (κ1) is 17.3. The number of rotatable bonds is 6. The van der Waals surface area contributed by atoms with Gasteiger partial charge in [0.25, 0.3) is 0 Å². The molecule has 8 heteroatoms. The largest absolute Gasteiger partial charge is 0.378 e. The number of hydrogen-bond donors (Lipinski definition) is 1. The van der Waals surface area contributed by atoms with Crippen molar-refractivity contribution in [2.45, 2.75) is 30.3 Å². The van der Waals surface area contributed by atoms with Crippen LogP contribution in [0.15, 0.2) is 23.1 Å². The fourth-order valence-corrected chi connectivity index (χ4v) is 3.91. The molecule has 5 nitrogen and oxygen atoms in total. The Morgan fingerprint density at radius 2 is 1.77 bits per heavy atom. The van der Waals surface area contributed by atoms with Gasteiger partial charge < -0.3 is 10.5 Å². The van der Waals surface area contributed by atoms with E-state index >= 15 is 0 Å². The third-order valence-electron chi connectivity index (χ3n) is 3.58. The molecule has 124 valence electrons. The van der Waals surface area contributed by atoms with Crippen LogP contribution in [0.3, 0.4) is 0 Å². The van der Waals surface area contributed by atoms with Crippen LogP contribution in [-0.2, 0) is 14.8 Å². The SMILES string of the molecule is NCCCOC1CCN(S(=O)(=O)c2cc(F)cc(F)c2)CC1. The van der Waals surface area contributed by atoms with Gasteiger partial charge in [-0.2, -0.15) is 4.31 Å². The zero-order valence-corrected chi connectivity index (χ0v) is 13.0. The van der Waals surface area contributed by atoms with E-state index in [0.717, 1.165) is 18.6 Å². The Morgan fingerprint density at radius 3 is 2.32 bits per heavy atom. The Balaban J connectivity index is 2.00. The van der Waals surface area contributed by atoms with Crippen molar-refractivity contribution in [3.63, 3.8) is 0 Å². The van der Waals surface area contributed by atoms with Crippen molar-refractivity contribution in [3.8, 4) is 0 Å². The van der Waals surface area contributed by atoms with Crippen molar-refractivity contribution in [2.24, 2.45) is 5.73 Å². The van der Waals surface area contributed by atoms with E-state index < -0.39 is 21.7 Å². The van der Waals surface area contributed by atoms with Crippen LogP contribution in [0, 0.1) is 11.6 Å². The number of hydrogen-bond acceptors (Lipinski definition) is 4. The minimum Gasteiger partial charge on any atom is -0.378 e. The normalized spacial score (nSPS) is 17.8. The summed E-state index contributed by atoms with van der Waals surface area (Å²) in [6, 6.07) is 2.32. The van der Waals surface area contributed by atoms with Crippen LogP contribution in [-0.4, -0.2) is 45.1 Å². The van der Waals surface area contributed by atoms with Crippen molar-refractivity contribution in [2.75, 3.05) is 26.2 Å². The van der Waals surface area contributed by atoms with Gasteiger partial charge in [0.05, 0.1) is 11.0 Å². The van der Waals surface area contributed by atoms with Crippen molar-refractivity contribution >= 4 is 10.0 Å². The number of piperidine rings is 1. The minimum atomic E-state index is -3.88. The molecular weight excluding hydrogens is 314 g/mol. The summed E-state index contributed by atoms with van der Waals surface area (Å²) in [5, 5.41) is 0. The summed E-state index contributed by atoms with van der Waals surface area (Å²) in [4.78, 5) is -0.354. The second kappa shape index (κ2) is 7.45. The lowest BCUT2D eigenvalue weighted by Crippen LogP contribution is -2.41. The summed E-state index contributed by atoms with van der Waals surface area (Å²) < 4.78 is 58.0. The number of benzene rings is 1. The Bertz CT molecular complexity index is 582. The van der Waals surface area contributed by atoms with Crippen molar-refractivity contribution < 1.29 is 21.9 Å². The van der Waals surface area contributed by atoms with Gasteiger partial charge in [-0.15, -0.1) is 0 Å². The lowest BCUT2D eigenvalue weighted by molar-refractivity contribution is 0.0209. The maximum absolute atomic E-state index is 13.2. The van der Waals surface area contributed by atoms with E-state index in [2.05, 4.69) is 0 Å². The molecule has 0 atom stereocenters. The molecule has 1 fully saturated rings. The molecule has 1 aromatic carbocycles. The predicted octanol–water partition coefficient (Wildman–Crippen LogP) is 1.48. The number of nitrogens with two attached hydrogens (primary N) is 1. The average Bonchev–Trinajstić information content (AvgIpc) is 2.47. The second-order valence-corrected chi connectivity index (χ2v) is 7.16. The Labute approximate surface area is 129 Å². The van der Waals surface area contributed by atoms with Crippen molar-refractivity contribution in [1.29, 1.82) is 0 Å². The average molecular weight is 334 g/mol. The molecule has 22 heavy (non-hydrogen) atoms. The molecule has 1 saturated heterocycles. The van der Waals surface area contributed by atoms with E-state index in [4.69, 9.17) is 10.5 Å². The third-order valence-corrected chi connectivity index (χ3v) is 5.45. The molecule has 0 spiro atoms. The summed E-state index contributed by atoms with van der Waals surface area (Å²) in [7, 11) is -3.88. The summed E-state index contributed by atoms with van der Waals surface area (Å²) in [6.07, 6.45) is 1.88. The number of nitrogens with zero attached hydrogens (tertiary/aromatic N) is 1. The molecule has 0 aromatic heterocycles. The highest BCUT2D eigenvalue weighted by Crippen LogP contribution is 2.23. The first-order valence-electron chi connectivity index (χ1n) is 7.21. The summed E-state index contributed by atoms with van der Waals surface area (Å²) in [6.45, 7) is 1.66. The number of halogens is 2. The molecule has 1 heterocycles. The van der Waals surface area contributed by atoms with E-state index in [0.29, 0.717) is 32.1 Å². The highest BCUT2D eigenvalue weighted by molar-refractivity contribution is 7.89.